The first-order valence-corrected chi connectivity index (χ1v) is 5.47. The van der Waals surface area contributed by atoms with Crippen molar-refractivity contribution in [3.8, 4) is 0 Å². The first kappa shape index (κ1) is 15.9. The molecule has 1 amide bonds. The zero-order chi connectivity index (χ0) is 12.3. The van der Waals surface area contributed by atoms with Gasteiger partial charge in [0.05, 0.1) is 11.6 Å². The predicted octanol–water partition coefficient (Wildman–Crippen LogP) is 2.12. The van der Waals surface area contributed by atoms with Crippen LogP contribution in [0.15, 0.2) is 24.3 Å². The van der Waals surface area contributed by atoms with Crippen molar-refractivity contribution in [2.45, 2.75) is 39.3 Å². The van der Waals surface area contributed by atoms with Crippen LogP contribution in [-0.4, -0.2) is 11.9 Å². The molecular formula is C13H21ClN2O. The molecule has 3 nitrogen and oxygen atoms in total. The number of amides is 1. The van der Waals surface area contributed by atoms with E-state index in [1.807, 2.05) is 39.0 Å². The van der Waals surface area contributed by atoms with Crippen LogP contribution in [0.5, 0.6) is 0 Å². The van der Waals surface area contributed by atoms with Gasteiger partial charge in [-0.05, 0) is 33.3 Å². The second kappa shape index (κ2) is 6.03. The van der Waals surface area contributed by atoms with Crippen LogP contribution in [-0.2, 0) is 10.3 Å². The van der Waals surface area contributed by atoms with Crippen LogP contribution < -0.4 is 11.1 Å². The van der Waals surface area contributed by atoms with E-state index in [1.165, 1.54) is 5.56 Å². The van der Waals surface area contributed by atoms with E-state index in [-0.39, 0.29) is 18.3 Å². The van der Waals surface area contributed by atoms with Gasteiger partial charge in [0.1, 0.15) is 0 Å². The Balaban J connectivity index is 0.00000256. The first-order valence-electron chi connectivity index (χ1n) is 5.47. The number of carbonyl (C=O) groups is 1. The third-order valence-electron chi connectivity index (χ3n) is 2.59. The van der Waals surface area contributed by atoms with Crippen LogP contribution in [0.2, 0.25) is 0 Å². The van der Waals surface area contributed by atoms with E-state index in [1.54, 1.807) is 6.92 Å². The molecule has 1 aromatic carbocycles. The van der Waals surface area contributed by atoms with Crippen LogP contribution in [0.25, 0.3) is 0 Å². The fraction of sp³-hybridized carbons (Fsp3) is 0.462. The molecule has 0 unspecified atom stereocenters. The number of rotatable bonds is 3. The summed E-state index contributed by atoms with van der Waals surface area (Å²) in [7, 11) is 0. The quantitative estimate of drug-likeness (QED) is 0.870. The minimum Gasteiger partial charge on any atom is -0.346 e. The minimum atomic E-state index is -0.482. The number of nitrogens with one attached hydrogen (secondary N) is 1. The van der Waals surface area contributed by atoms with Gasteiger partial charge in [0.15, 0.2) is 0 Å². The maximum absolute atomic E-state index is 11.6. The molecule has 0 aliphatic heterocycles. The molecule has 0 fully saturated rings. The Morgan fingerprint density at radius 3 is 2.47 bits per heavy atom. The smallest absolute Gasteiger partial charge is 0.237 e. The summed E-state index contributed by atoms with van der Waals surface area (Å²) in [6.07, 6.45) is 0. The van der Waals surface area contributed by atoms with E-state index in [0.29, 0.717) is 0 Å². The molecule has 0 aliphatic carbocycles. The van der Waals surface area contributed by atoms with Gasteiger partial charge in [0.2, 0.25) is 5.91 Å². The second-order valence-corrected chi connectivity index (χ2v) is 4.77. The summed E-state index contributed by atoms with van der Waals surface area (Å²) in [6.45, 7) is 7.67. The highest BCUT2D eigenvalue weighted by Crippen LogP contribution is 2.20. The van der Waals surface area contributed by atoms with Crippen molar-refractivity contribution < 1.29 is 4.79 Å². The Kier molecular flexibility index (Phi) is 5.66. The average molecular weight is 257 g/mol. The van der Waals surface area contributed by atoms with E-state index in [2.05, 4.69) is 11.4 Å². The highest BCUT2D eigenvalue weighted by Gasteiger charge is 2.23. The molecule has 0 saturated carbocycles. The average Bonchev–Trinajstić information content (AvgIpc) is 2.17. The fourth-order valence-electron chi connectivity index (χ4n) is 1.53. The number of aryl methyl sites for hydroxylation is 1. The summed E-state index contributed by atoms with van der Waals surface area (Å²) in [5, 5.41) is 2.94. The molecule has 17 heavy (non-hydrogen) atoms. The number of nitrogens with two attached hydrogens (primary N) is 1. The van der Waals surface area contributed by atoms with Gasteiger partial charge in [-0.2, -0.15) is 0 Å². The molecule has 0 radical (unpaired) electrons. The molecule has 4 heteroatoms. The van der Waals surface area contributed by atoms with Gasteiger partial charge in [-0.1, -0.05) is 29.8 Å². The van der Waals surface area contributed by atoms with Gasteiger partial charge < -0.3 is 11.1 Å². The normalized spacial score (nSPS) is 12.5. The first-order chi connectivity index (χ1) is 7.33. The molecule has 1 atom stereocenters. The Morgan fingerprint density at radius 1 is 1.41 bits per heavy atom. The Hall–Kier alpha value is -1.06. The highest BCUT2D eigenvalue weighted by atomic mass is 35.5. The van der Waals surface area contributed by atoms with E-state index in [4.69, 9.17) is 5.73 Å². The van der Waals surface area contributed by atoms with Crippen LogP contribution in [0.1, 0.15) is 31.9 Å². The standard InChI is InChI=1S/C13H20N2O.ClH/c1-9-6-5-7-11(8-9)13(3,4)15-12(16)10(2)14;/h5-8,10H,14H2,1-4H3,(H,15,16);1H/t10-;/m0./s1. The minimum absolute atomic E-state index is 0. The maximum atomic E-state index is 11.6. The van der Waals surface area contributed by atoms with Crippen molar-refractivity contribution in [1.82, 2.24) is 5.32 Å². The van der Waals surface area contributed by atoms with Crippen molar-refractivity contribution in [2.24, 2.45) is 5.73 Å². The molecule has 0 spiro atoms. The van der Waals surface area contributed by atoms with Crippen molar-refractivity contribution in [2.75, 3.05) is 0 Å². The summed E-state index contributed by atoms with van der Waals surface area (Å²) in [4.78, 5) is 11.6. The summed E-state index contributed by atoms with van der Waals surface area (Å²) in [6, 6.07) is 7.62. The maximum Gasteiger partial charge on any atom is 0.237 e. The highest BCUT2D eigenvalue weighted by molar-refractivity contribution is 5.85. The molecule has 1 rings (SSSR count). The van der Waals surface area contributed by atoms with Gasteiger partial charge in [-0.15, -0.1) is 12.4 Å². The number of carbonyl (C=O) groups excluding carboxylic acids is 1. The molecule has 96 valence electrons. The monoisotopic (exact) mass is 256 g/mol. The van der Waals surface area contributed by atoms with E-state index in [0.717, 1.165) is 5.56 Å². The molecule has 0 heterocycles. The summed E-state index contributed by atoms with van der Waals surface area (Å²) < 4.78 is 0. The van der Waals surface area contributed by atoms with E-state index >= 15 is 0 Å². The third kappa shape index (κ3) is 4.36. The largest absolute Gasteiger partial charge is 0.346 e. The summed E-state index contributed by atoms with van der Waals surface area (Å²) in [5.41, 5.74) is 7.41. The van der Waals surface area contributed by atoms with Crippen molar-refractivity contribution in [3.63, 3.8) is 0 Å². The SMILES string of the molecule is Cc1cccc(C(C)(C)NC(=O)[C@H](C)N)c1.Cl. The van der Waals surface area contributed by atoms with E-state index in [9.17, 15) is 4.79 Å². The van der Waals surface area contributed by atoms with Crippen molar-refractivity contribution in [3.05, 3.63) is 35.4 Å². The lowest BCUT2D eigenvalue weighted by molar-refractivity contribution is -0.123. The molecule has 0 bridgehead atoms. The Morgan fingerprint density at radius 2 is 2.00 bits per heavy atom. The Labute approximate surface area is 109 Å². The lowest BCUT2D eigenvalue weighted by Gasteiger charge is -2.28. The molecule has 0 aliphatic rings. The zero-order valence-electron chi connectivity index (χ0n) is 10.8. The molecule has 3 N–H and O–H groups in total. The number of hydrogen-bond donors (Lipinski definition) is 2. The number of halogens is 1. The fourth-order valence-corrected chi connectivity index (χ4v) is 1.53. The van der Waals surface area contributed by atoms with Crippen LogP contribution in [0.4, 0.5) is 0 Å². The third-order valence-corrected chi connectivity index (χ3v) is 2.59. The predicted molar refractivity (Wildman–Crippen MR) is 73.2 cm³/mol. The molecule has 1 aromatic rings. The van der Waals surface area contributed by atoms with Gasteiger partial charge in [-0.25, -0.2) is 0 Å². The van der Waals surface area contributed by atoms with Crippen LogP contribution >= 0.6 is 12.4 Å². The zero-order valence-corrected chi connectivity index (χ0v) is 11.6. The lowest BCUT2D eigenvalue weighted by Crippen LogP contribution is -2.47. The molecular weight excluding hydrogens is 236 g/mol. The summed E-state index contributed by atoms with van der Waals surface area (Å²) >= 11 is 0. The van der Waals surface area contributed by atoms with Crippen LogP contribution in [0, 0.1) is 6.92 Å². The van der Waals surface area contributed by atoms with Gasteiger partial charge in [-0.3, -0.25) is 4.79 Å². The van der Waals surface area contributed by atoms with Gasteiger partial charge >= 0.3 is 0 Å². The molecule has 0 saturated heterocycles. The Bertz CT molecular complexity index is 389. The van der Waals surface area contributed by atoms with E-state index < -0.39 is 11.6 Å². The summed E-state index contributed by atoms with van der Waals surface area (Å²) in [5.74, 6) is -0.133. The van der Waals surface area contributed by atoms with Crippen molar-refractivity contribution in [1.29, 1.82) is 0 Å². The topological polar surface area (TPSA) is 55.1 Å². The van der Waals surface area contributed by atoms with Gasteiger partial charge in [0.25, 0.3) is 0 Å². The number of benzene rings is 1. The number of hydrogen-bond acceptors (Lipinski definition) is 2. The lowest BCUT2D eigenvalue weighted by atomic mass is 9.92. The molecule has 0 aromatic heterocycles. The van der Waals surface area contributed by atoms with Crippen molar-refractivity contribution >= 4 is 18.3 Å². The van der Waals surface area contributed by atoms with Gasteiger partial charge in [0, 0.05) is 0 Å². The second-order valence-electron chi connectivity index (χ2n) is 4.77. The van der Waals surface area contributed by atoms with Crippen LogP contribution in [0.3, 0.4) is 0 Å².